The third kappa shape index (κ3) is 4.11. The predicted octanol–water partition coefficient (Wildman–Crippen LogP) is 3.42. The number of halogens is 1. The minimum atomic E-state index is -0.314. The molecule has 1 aliphatic rings. The SMILES string of the molecule is CC1(C)Cc2c(sc(NC(=O)COc3ccccc3Cl)c2C#N)C(C)(C)[NH2+]1. The fourth-order valence-corrected chi connectivity index (χ4v) is 5.23. The van der Waals surface area contributed by atoms with Crippen LogP contribution in [0.25, 0.3) is 0 Å². The molecule has 0 bridgehead atoms. The monoisotopic (exact) mass is 404 g/mol. The zero-order chi connectivity index (χ0) is 19.8. The van der Waals surface area contributed by atoms with Crippen molar-refractivity contribution in [2.45, 2.75) is 45.2 Å². The first kappa shape index (κ1) is 19.7. The molecule has 3 N–H and O–H groups in total. The van der Waals surface area contributed by atoms with Gasteiger partial charge in [-0.25, -0.2) is 0 Å². The highest BCUT2D eigenvalue weighted by Gasteiger charge is 2.44. The number of thiophene rings is 1. The molecule has 27 heavy (non-hydrogen) atoms. The van der Waals surface area contributed by atoms with E-state index in [2.05, 4.69) is 44.4 Å². The Balaban J connectivity index is 1.80. The van der Waals surface area contributed by atoms with Gasteiger partial charge in [-0.15, -0.1) is 11.3 Å². The van der Waals surface area contributed by atoms with Crippen molar-refractivity contribution in [3.8, 4) is 11.8 Å². The summed E-state index contributed by atoms with van der Waals surface area (Å²) in [5.74, 6) is 0.142. The number of carbonyl (C=O) groups is 1. The van der Waals surface area contributed by atoms with Crippen molar-refractivity contribution in [3.63, 3.8) is 0 Å². The van der Waals surface area contributed by atoms with Gasteiger partial charge in [-0.2, -0.15) is 5.26 Å². The van der Waals surface area contributed by atoms with Crippen LogP contribution in [0.4, 0.5) is 5.00 Å². The molecule has 0 spiro atoms. The first-order valence-electron chi connectivity index (χ1n) is 8.73. The van der Waals surface area contributed by atoms with E-state index in [1.807, 2.05) is 0 Å². The van der Waals surface area contributed by atoms with Gasteiger partial charge >= 0.3 is 0 Å². The fraction of sp³-hybridized carbons (Fsp3) is 0.400. The summed E-state index contributed by atoms with van der Waals surface area (Å²) in [5.41, 5.74) is 1.46. The van der Waals surface area contributed by atoms with Gasteiger partial charge in [0.1, 0.15) is 22.4 Å². The van der Waals surface area contributed by atoms with E-state index < -0.39 is 0 Å². The quantitative estimate of drug-likeness (QED) is 0.819. The van der Waals surface area contributed by atoms with E-state index in [1.54, 1.807) is 24.3 Å². The van der Waals surface area contributed by atoms with E-state index in [4.69, 9.17) is 16.3 Å². The molecule has 3 rings (SSSR count). The Kier molecular flexibility index (Phi) is 5.22. The van der Waals surface area contributed by atoms with Crippen LogP contribution in [0.2, 0.25) is 5.02 Å². The van der Waals surface area contributed by atoms with Crippen LogP contribution >= 0.6 is 22.9 Å². The Bertz CT molecular complexity index is 928. The summed E-state index contributed by atoms with van der Waals surface area (Å²) >= 11 is 7.52. The second-order valence-corrected chi connectivity index (χ2v) is 9.45. The Morgan fingerprint density at radius 1 is 1.37 bits per heavy atom. The Hall–Kier alpha value is -2.07. The summed E-state index contributed by atoms with van der Waals surface area (Å²) in [6.07, 6.45) is 0.789. The van der Waals surface area contributed by atoms with Gasteiger partial charge in [0.05, 0.1) is 21.0 Å². The molecule has 1 amide bonds. The summed E-state index contributed by atoms with van der Waals surface area (Å²) in [5, 5.41) is 15.9. The van der Waals surface area contributed by atoms with Gasteiger partial charge in [-0.1, -0.05) is 23.7 Å². The van der Waals surface area contributed by atoms with Crippen molar-refractivity contribution in [2.24, 2.45) is 0 Å². The van der Waals surface area contributed by atoms with E-state index in [-0.39, 0.29) is 23.6 Å². The Morgan fingerprint density at radius 3 is 2.74 bits per heavy atom. The largest absolute Gasteiger partial charge is 0.482 e. The maximum Gasteiger partial charge on any atom is 0.262 e. The number of anilines is 1. The molecule has 5 nitrogen and oxygen atoms in total. The van der Waals surface area contributed by atoms with Crippen LogP contribution in [0, 0.1) is 11.3 Å². The lowest BCUT2D eigenvalue weighted by Crippen LogP contribution is -3.03. The van der Waals surface area contributed by atoms with Crippen LogP contribution in [-0.2, 0) is 16.8 Å². The Labute approximate surface area is 168 Å². The van der Waals surface area contributed by atoms with Gasteiger partial charge < -0.3 is 15.4 Å². The molecule has 0 unspecified atom stereocenters. The lowest BCUT2D eigenvalue weighted by molar-refractivity contribution is -0.789. The number of hydrogen-bond acceptors (Lipinski definition) is 4. The molecule has 2 heterocycles. The minimum absolute atomic E-state index is 0.00236. The topological polar surface area (TPSA) is 78.7 Å². The van der Waals surface area contributed by atoms with Gasteiger partial charge in [0.15, 0.2) is 6.61 Å². The van der Waals surface area contributed by atoms with E-state index >= 15 is 0 Å². The zero-order valence-electron chi connectivity index (χ0n) is 15.9. The van der Waals surface area contributed by atoms with Crippen molar-refractivity contribution in [2.75, 3.05) is 11.9 Å². The van der Waals surface area contributed by atoms with Crippen LogP contribution in [-0.4, -0.2) is 18.1 Å². The van der Waals surface area contributed by atoms with Crippen LogP contribution in [0.1, 0.15) is 43.7 Å². The number of hydrogen-bond donors (Lipinski definition) is 2. The molecule has 1 aromatic carbocycles. The minimum Gasteiger partial charge on any atom is -0.482 e. The number of nitriles is 1. The molecule has 0 fully saturated rings. The van der Waals surface area contributed by atoms with Crippen molar-refractivity contribution >= 4 is 33.8 Å². The van der Waals surface area contributed by atoms with Crippen molar-refractivity contribution in [1.82, 2.24) is 0 Å². The molecule has 7 heteroatoms. The van der Waals surface area contributed by atoms with Crippen LogP contribution < -0.4 is 15.4 Å². The molecule has 142 valence electrons. The number of rotatable bonds is 4. The standard InChI is InChI=1S/C20H22ClN3O2S/c1-19(2)9-12-13(10-22)18(27-17(12)20(3,4)24-19)23-16(25)11-26-15-8-6-5-7-14(15)21/h5-8,24H,9,11H2,1-4H3,(H,23,25)/p+1. The lowest BCUT2D eigenvalue weighted by Gasteiger charge is -2.38. The number of fused-ring (bicyclic) bond motifs is 1. The summed E-state index contributed by atoms with van der Waals surface area (Å²) < 4.78 is 5.49. The molecule has 0 aliphatic carbocycles. The predicted molar refractivity (Wildman–Crippen MR) is 107 cm³/mol. The van der Waals surface area contributed by atoms with Gasteiger partial charge in [0.25, 0.3) is 5.91 Å². The maximum absolute atomic E-state index is 12.4. The third-order valence-corrected chi connectivity index (χ3v) is 6.34. The molecule has 0 atom stereocenters. The smallest absolute Gasteiger partial charge is 0.262 e. The third-order valence-electron chi connectivity index (χ3n) is 4.54. The van der Waals surface area contributed by atoms with Gasteiger partial charge in [-0.3, -0.25) is 4.79 Å². The molecule has 1 aliphatic heterocycles. The average molecular weight is 405 g/mol. The first-order chi connectivity index (χ1) is 12.6. The highest BCUT2D eigenvalue weighted by molar-refractivity contribution is 7.16. The number of ether oxygens (including phenoxy) is 1. The van der Waals surface area contributed by atoms with Crippen molar-refractivity contribution in [3.05, 3.63) is 45.3 Å². The summed E-state index contributed by atoms with van der Waals surface area (Å²) in [7, 11) is 0. The number of carbonyl (C=O) groups excluding carboxylic acids is 1. The molecule has 0 radical (unpaired) electrons. The highest BCUT2D eigenvalue weighted by Crippen LogP contribution is 2.41. The van der Waals surface area contributed by atoms with Gasteiger partial charge in [0.2, 0.25) is 0 Å². The van der Waals surface area contributed by atoms with Crippen LogP contribution in [0.5, 0.6) is 5.75 Å². The molecular formula is C20H23ClN3O2S+. The van der Waals surface area contributed by atoms with E-state index in [9.17, 15) is 10.1 Å². The van der Waals surface area contributed by atoms with Gasteiger partial charge in [-0.05, 0) is 45.4 Å². The first-order valence-corrected chi connectivity index (χ1v) is 9.93. The number of quaternary nitrogens is 1. The van der Waals surface area contributed by atoms with Gasteiger partial charge in [0, 0.05) is 6.42 Å². The number of benzene rings is 1. The molecular weight excluding hydrogens is 382 g/mol. The highest BCUT2D eigenvalue weighted by atomic mass is 35.5. The maximum atomic E-state index is 12.4. The fourth-order valence-electron chi connectivity index (χ4n) is 3.78. The zero-order valence-corrected chi connectivity index (χ0v) is 17.4. The molecule has 0 saturated carbocycles. The normalized spacial score (nSPS) is 16.9. The second kappa shape index (κ2) is 7.16. The number of nitrogens with one attached hydrogen (secondary N) is 1. The molecule has 0 saturated heterocycles. The lowest BCUT2D eigenvalue weighted by atomic mass is 9.81. The van der Waals surface area contributed by atoms with Crippen LogP contribution in [0.15, 0.2) is 24.3 Å². The Morgan fingerprint density at radius 2 is 2.07 bits per heavy atom. The van der Waals surface area contributed by atoms with E-state index in [0.29, 0.717) is 21.3 Å². The molecule has 2 aromatic rings. The van der Waals surface area contributed by atoms with Crippen molar-refractivity contribution < 1.29 is 14.8 Å². The summed E-state index contributed by atoms with van der Waals surface area (Å²) in [6.45, 7) is 8.48. The van der Waals surface area contributed by atoms with E-state index in [1.165, 1.54) is 11.3 Å². The summed E-state index contributed by atoms with van der Waals surface area (Å²) in [6, 6.07) is 9.29. The molecule has 1 aromatic heterocycles. The van der Waals surface area contributed by atoms with Crippen molar-refractivity contribution in [1.29, 1.82) is 5.26 Å². The average Bonchev–Trinajstić information content (AvgIpc) is 2.90. The summed E-state index contributed by atoms with van der Waals surface area (Å²) in [4.78, 5) is 13.5. The number of nitrogens with two attached hydrogens (primary N) is 1. The van der Waals surface area contributed by atoms with Crippen LogP contribution in [0.3, 0.4) is 0 Å². The van der Waals surface area contributed by atoms with E-state index in [0.717, 1.165) is 16.9 Å². The number of amides is 1. The number of nitrogens with zero attached hydrogens (tertiary/aromatic N) is 1. The number of para-hydroxylation sites is 1. The second-order valence-electron chi connectivity index (χ2n) is 8.02.